The molecule has 0 aliphatic rings. The average Bonchev–Trinajstić information content (AvgIpc) is 1.30. The fraction of sp³-hybridized carbons (Fsp3) is 1.00. The van der Waals surface area contributed by atoms with Gasteiger partial charge in [0.2, 0.25) is 0 Å². The van der Waals surface area contributed by atoms with Crippen LogP contribution in [0.15, 0.2) is 0 Å². The lowest BCUT2D eigenvalue weighted by Gasteiger charge is -2.15. The van der Waals surface area contributed by atoms with E-state index < -0.39 is 0 Å². The second kappa shape index (κ2) is 2.83. The molecule has 0 saturated heterocycles. The van der Waals surface area contributed by atoms with Crippen molar-refractivity contribution >= 4 is 21.0 Å². The summed E-state index contributed by atoms with van der Waals surface area (Å²) >= 11 is 5.00. The van der Waals surface area contributed by atoms with Gasteiger partial charge in [-0.05, 0) is 13.8 Å². The highest BCUT2D eigenvalue weighted by Crippen LogP contribution is 2.15. The highest BCUT2D eigenvalue weighted by Gasteiger charge is 2.08. The van der Waals surface area contributed by atoms with E-state index in [2.05, 4.69) is 14.2 Å². The fourth-order valence-electron chi connectivity index (χ4n) is 0.0994. The Kier molecular flexibility index (Phi) is 3.09. The minimum atomic E-state index is -0.276. The lowest BCUT2D eigenvalue weighted by atomic mass is 10.5. The molecule has 0 bridgehead atoms. The first-order chi connectivity index (χ1) is 3.06. The molecule has 1 N–H and O–H groups in total. The molecule has 4 heteroatoms. The maximum absolute atomic E-state index is 5.00. The van der Waals surface area contributed by atoms with Crippen LogP contribution in [0.5, 0.6) is 0 Å². The van der Waals surface area contributed by atoms with Crippen molar-refractivity contribution in [2.75, 3.05) is 0 Å². The van der Waals surface area contributed by atoms with E-state index in [0.717, 1.165) is 0 Å². The van der Waals surface area contributed by atoms with Crippen molar-refractivity contribution in [3.63, 3.8) is 0 Å². The van der Waals surface area contributed by atoms with Crippen LogP contribution in [0.2, 0.25) is 0 Å². The molecule has 0 fully saturated rings. The Morgan fingerprint density at radius 1 is 1.71 bits per heavy atom. The summed E-state index contributed by atoms with van der Waals surface area (Å²) in [5.74, 6) is 0. The average molecular weight is 142 g/mol. The van der Waals surface area contributed by atoms with Crippen LogP contribution in [0.25, 0.3) is 0 Å². The minimum absolute atomic E-state index is 0.276. The highest BCUT2D eigenvalue weighted by molar-refractivity contribution is 7.18. The van der Waals surface area contributed by atoms with E-state index in [9.17, 15) is 0 Å². The summed E-state index contributed by atoms with van der Waals surface area (Å²) in [6.07, 6.45) is 0. The minimum Gasteiger partial charge on any atom is -0.277 e. The fourth-order valence-corrected chi connectivity index (χ4v) is 0.432. The van der Waals surface area contributed by atoms with E-state index in [4.69, 9.17) is 16.6 Å². The predicted octanol–water partition coefficient (Wildman–Crippen LogP) is 1.27. The van der Waals surface area contributed by atoms with E-state index in [0.29, 0.717) is 0 Å². The topological polar surface area (TPSA) is 21.3 Å². The Morgan fingerprint density at radius 2 is 2.14 bits per heavy atom. The maximum Gasteiger partial charge on any atom is 0.0985 e. The summed E-state index contributed by atoms with van der Waals surface area (Å²) in [5, 5.41) is -0.276. The first kappa shape index (κ1) is 7.64. The van der Waals surface area contributed by atoms with Crippen molar-refractivity contribution in [3.05, 3.63) is 0 Å². The van der Waals surface area contributed by atoms with Crippen LogP contribution in [0, 0.1) is 0 Å². The molecule has 2 nitrogen and oxygen atoms in total. The van der Waals surface area contributed by atoms with E-state index >= 15 is 0 Å². The van der Waals surface area contributed by atoms with Gasteiger partial charge in [0, 0.05) is 11.8 Å². The van der Waals surface area contributed by atoms with Crippen molar-refractivity contribution in [2.24, 2.45) is 0 Å². The second-order valence-electron chi connectivity index (χ2n) is 1.78. The molecule has 0 aromatic carbocycles. The van der Waals surface area contributed by atoms with E-state index in [-0.39, 0.29) is 5.34 Å². The van der Waals surface area contributed by atoms with Crippen LogP contribution in [0.4, 0.5) is 0 Å². The van der Waals surface area contributed by atoms with Gasteiger partial charge in [-0.1, -0.05) is 0 Å². The largest absolute Gasteiger partial charge is 0.277 e. The lowest BCUT2D eigenvalue weighted by molar-refractivity contribution is 0.0163. The van der Waals surface area contributed by atoms with Crippen molar-refractivity contribution < 1.29 is 4.84 Å². The van der Waals surface area contributed by atoms with Gasteiger partial charge < -0.3 is 0 Å². The molecule has 44 valence electrons. The third kappa shape index (κ3) is 6.64. The van der Waals surface area contributed by atoms with Crippen LogP contribution < -0.4 is 5.00 Å². The maximum atomic E-state index is 5.00. The summed E-state index contributed by atoms with van der Waals surface area (Å²) in [5.41, 5.74) is 0. The molecule has 0 aliphatic heterocycles. The molecule has 1 unspecified atom stereocenters. The molecule has 0 aromatic heterocycles. The van der Waals surface area contributed by atoms with Crippen LogP contribution in [0.1, 0.15) is 13.8 Å². The smallest absolute Gasteiger partial charge is 0.0985 e. The molecular weight excluding hydrogens is 132 g/mol. The zero-order chi connectivity index (χ0) is 5.91. The third-order valence-electron chi connectivity index (χ3n) is 0.302. The van der Waals surface area contributed by atoms with Gasteiger partial charge in [0.25, 0.3) is 0 Å². The van der Waals surface area contributed by atoms with E-state index in [1.165, 1.54) is 0 Å². The Bertz CT molecular complexity index is 53.4. The van der Waals surface area contributed by atoms with Gasteiger partial charge in [0.15, 0.2) is 0 Å². The van der Waals surface area contributed by atoms with Gasteiger partial charge in [-0.2, -0.15) is 0 Å². The summed E-state index contributed by atoms with van der Waals surface area (Å²) < 4.78 is 0. The molecule has 0 aliphatic carbocycles. The van der Waals surface area contributed by atoms with Crippen LogP contribution in [-0.2, 0) is 4.84 Å². The standard InChI is InChI=1S/C3H9ClNOP/c1-3(2,7)6-5-4/h5H,7H2,1-2H3. The van der Waals surface area contributed by atoms with Crippen LogP contribution in [-0.4, -0.2) is 5.34 Å². The summed E-state index contributed by atoms with van der Waals surface area (Å²) in [4.78, 5) is 6.77. The van der Waals surface area contributed by atoms with E-state index in [1.807, 2.05) is 13.8 Å². The van der Waals surface area contributed by atoms with Crippen molar-refractivity contribution in [3.8, 4) is 0 Å². The molecule has 0 amide bonds. The number of halogens is 1. The van der Waals surface area contributed by atoms with Gasteiger partial charge in [0.05, 0.1) is 5.34 Å². The normalized spacial score (nSPS) is 12.0. The molecule has 0 spiro atoms. The van der Waals surface area contributed by atoms with Gasteiger partial charge in [-0.15, -0.1) is 14.2 Å². The molecule has 7 heavy (non-hydrogen) atoms. The SMILES string of the molecule is CC(C)(P)ONCl. The molecule has 0 heterocycles. The Morgan fingerprint density at radius 3 is 2.14 bits per heavy atom. The van der Waals surface area contributed by atoms with Gasteiger partial charge in [-0.25, -0.2) is 0 Å². The van der Waals surface area contributed by atoms with Crippen LogP contribution in [0.3, 0.4) is 0 Å². The quantitative estimate of drug-likeness (QED) is 0.355. The number of nitrogens with one attached hydrogen (secondary N) is 1. The third-order valence-corrected chi connectivity index (χ3v) is 0.497. The monoisotopic (exact) mass is 141 g/mol. The van der Waals surface area contributed by atoms with Gasteiger partial charge >= 0.3 is 0 Å². The summed E-state index contributed by atoms with van der Waals surface area (Å²) in [6, 6.07) is 0. The number of rotatable bonds is 2. The van der Waals surface area contributed by atoms with Gasteiger partial charge in [0.1, 0.15) is 0 Å². The first-order valence-electron chi connectivity index (χ1n) is 1.89. The van der Waals surface area contributed by atoms with Crippen LogP contribution >= 0.6 is 21.0 Å². The second-order valence-corrected chi connectivity index (χ2v) is 3.33. The number of hydrogen-bond donors (Lipinski definition) is 1. The number of hydrogen-bond acceptors (Lipinski definition) is 2. The molecular formula is C3H9ClNOP. The zero-order valence-electron chi connectivity index (χ0n) is 4.36. The molecule has 0 saturated carbocycles. The lowest BCUT2D eigenvalue weighted by Crippen LogP contribution is -2.19. The van der Waals surface area contributed by atoms with Crippen molar-refractivity contribution in [1.82, 2.24) is 5.00 Å². The van der Waals surface area contributed by atoms with Crippen molar-refractivity contribution in [2.45, 2.75) is 19.2 Å². The molecule has 0 radical (unpaired) electrons. The summed E-state index contributed by atoms with van der Waals surface area (Å²) in [7, 11) is 2.47. The molecule has 1 atom stereocenters. The van der Waals surface area contributed by atoms with Crippen molar-refractivity contribution in [1.29, 1.82) is 0 Å². The zero-order valence-corrected chi connectivity index (χ0v) is 6.27. The molecule has 0 aromatic rings. The highest BCUT2D eigenvalue weighted by atomic mass is 35.5. The first-order valence-corrected chi connectivity index (χ1v) is 2.84. The molecule has 0 rings (SSSR count). The summed E-state index contributed by atoms with van der Waals surface area (Å²) in [6.45, 7) is 3.74. The predicted molar refractivity (Wildman–Crippen MR) is 33.9 cm³/mol. The Hall–Kier alpha value is 0.640. The Balaban J connectivity index is 3.15. The van der Waals surface area contributed by atoms with E-state index in [1.54, 1.807) is 0 Å². The Labute approximate surface area is 50.8 Å². The van der Waals surface area contributed by atoms with Gasteiger partial charge in [-0.3, -0.25) is 4.84 Å².